The molecule has 3 heteroatoms. The molecule has 0 bridgehead atoms. The summed E-state index contributed by atoms with van der Waals surface area (Å²) in [4.78, 5) is 4.53. The number of hydrogen-bond donors (Lipinski definition) is 1. The molecule has 0 unspecified atom stereocenters. The Morgan fingerprint density at radius 3 is 2.50 bits per heavy atom. The van der Waals surface area contributed by atoms with Gasteiger partial charge in [0.25, 0.3) is 0 Å². The first-order valence-corrected chi connectivity index (χ1v) is 6.50. The summed E-state index contributed by atoms with van der Waals surface area (Å²) in [6.07, 6.45) is 0. The smallest absolute Gasteiger partial charge is 0.229 e. The maximum atomic E-state index is 5.76. The first-order chi connectivity index (χ1) is 9.88. The summed E-state index contributed by atoms with van der Waals surface area (Å²) >= 11 is 0. The molecule has 1 N–H and O–H groups in total. The van der Waals surface area contributed by atoms with Gasteiger partial charge in [0, 0.05) is 22.5 Å². The van der Waals surface area contributed by atoms with E-state index >= 15 is 0 Å². The number of furan rings is 1. The molecule has 0 aliphatic rings. The Morgan fingerprint density at radius 2 is 1.60 bits per heavy atom. The van der Waals surface area contributed by atoms with Crippen LogP contribution in [0.15, 0.2) is 71.1 Å². The van der Waals surface area contributed by atoms with Crippen molar-refractivity contribution in [3.63, 3.8) is 0 Å². The van der Waals surface area contributed by atoms with Crippen molar-refractivity contribution >= 4 is 33.6 Å². The van der Waals surface area contributed by atoms with Crippen molar-refractivity contribution < 1.29 is 4.42 Å². The molecule has 0 saturated carbocycles. The van der Waals surface area contributed by atoms with Crippen molar-refractivity contribution in [2.75, 3.05) is 5.32 Å². The second-order valence-corrected chi connectivity index (χ2v) is 4.68. The molecule has 20 heavy (non-hydrogen) atoms. The third-order valence-corrected chi connectivity index (χ3v) is 3.25. The minimum absolute atomic E-state index is 0.655. The van der Waals surface area contributed by atoms with Gasteiger partial charge in [-0.2, -0.15) is 0 Å². The molecule has 3 nitrogen and oxygen atoms in total. The maximum Gasteiger partial charge on any atom is 0.229 e. The molecule has 4 rings (SSSR count). The van der Waals surface area contributed by atoms with Gasteiger partial charge in [-0.3, -0.25) is 0 Å². The summed E-state index contributed by atoms with van der Waals surface area (Å²) in [5, 5.41) is 5.36. The second-order valence-electron chi connectivity index (χ2n) is 4.68. The van der Waals surface area contributed by atoms with Crippen LogP contribution in [0.1, 0.15) is 0 Å². The number of pyridine rings is 1. The monoisotopic (exact) mass is 260 g/mol. The summed E-state index contributed by atoms with van der Waals surface area (Å²) in [5.41, 5.74) is 2.60. The predicted molar refractivity (Wildman–Crippen MR) is 81.2 cm³/mol. The van der Waals surface area contributed by atoms with Crippen LogP contribution in [-0.4, -0.2) is 4.98 Å². The molecule has 0 spiro atoms. The van der Waals surface area contributed by atoms with Crippen LogP contribution in [0, 0.1) is 0 Å². The van der Waals surface area contributed by atoms with Crippen molar-refractivity contribution in [1.29, 1.82) is 0 Å². The fourth-order valence-electron chi connectivity index (χ4n) is 2.30. The zero-order valence-electron chi connectivity index (χ0n) is 10.7. The van der Waals surface area contributed by atoms with Crippen molar-refractivity contribution in [1.82, 2.24) is 4.98 Å². The number of aromatic nitrogens is 1. The van der Waals surface area contributed by atoms with Crippen LogP contribution < -0.4 is 5.32 Å². The fraction of sp³-hybridized carbons (Fsp3) is 0. The standard InChI is InChI=1S/C17H12N2O/c1-2-7-14(8-3-1)18-16-11-13-10-12-6-4-5-9-15(12)19-17(13)20-16/h1-11,18H. The zero-order valence-corrected chi connectivity index (χ0v) is 10.7. The zero-order chi connectivity index (χ0) is 13.4. The van der Waals surface area contributed by atoms with Crippen LogP contribution >= 0.6 is 0 Å². The molecule has 0 radical (unpaired) electrons. The number of nitrogens with one attached hydrogen (secondary N) is 1. The number of anilines is 2. The van der Waals surface area contributed by atoms with Gasteiger partial charge in [-0.1, -0.05) is 36.4 Å². The third-order valence-electron chi connectivity index (χ3n) is 3.25. The van der Waals surface area contributed by atoms with Crippen LogP contribution in [0.3, 0.4) is 0 Å². The quantitative estimate of drug-likeness (QED) is 0.566. The van der Waals surface area contributed by atoms with E-state index in [9.17, 15) is 0 Å². The number of rotatable bonds is 2. The molecule has 96 valence electrons. The molecular weight excluding hydrogens is 248 g/mol. The Balaban J connectivity index is 1.80. The van der Waals surface area contributed by atoms with E-state index < -0.39 is 0 Å². The van der Waals surface area contributed by atoms with E-state index in [2.05, 4.69) is 22.4 Å². The van der Waals surface area contributed by atoms with Crippen molar-refractivity contribution in [3.8, 4) is 0 Å². The SMILES string of the molecule is c1ccc(Nc2cc3cc4ccccc4nc3o2)cc1. The number of para-hydroxylation sites is 2. The van der Waals surface area contributed by atoms with Gasteiger partial charge in [0.1, 0.15) is 0 Å². The molecular formula is C17H12N2O. The van der Waals surface area contributed by atoms with Gasteiger partial charge in [0.15, 0.2) is 0 Å². The van der Waals surface area contributed by atoms with Crippen LogP contribution in [0.25, 0.3) is 22.0 Å². The van der Waals surface area contributed by atoms with Gasteiger partial charge in [-0.15, -0.1) is 0 Å². The van der Waals surface area contributed by atoms with Crippen LogP contribution in [-0.2, 0) is 0 Å². The molecule has 0 saturated heterocycles. The van der Waals surface area contributed by atoms with Gasteiger partial charge in [0.2, 0.25) is 11.6 Å². The first kappa shape index (κ1) is 11.1. The highest BCUT2D eigenvalue weighted by atomic mass is 16.4. The Bertz CT molecular complexity index is 829. The Labute approximate surface area is 115 Å². The summed E-state index contributed by atoms with van der Waals surface area (Å²) < 4.78 is 5.76. The summed E-state index contributed by atoms with van der Waals surface area (Å²) in [6, 6.07) is 22.0. The highest BCUT2D eigenvalue weighted by Crippen LogP contribution is 2.27. The van der Waals surface area contributed by atoms with Gasteiger partial charge < -0.3 is 9.73 Å². The lowest BCUT2D eigenvalue weighted by molar-refractivity contribution is 0.623. The third kappa shape index (κ3) is 1.89. The average Bonchev–Trinajstić information content (AvgIpc) is 2.86. The number of hydrogen-bond acceptors (Lipinski definition) is 3. The maximum absolute atomic E-state index is 5.76. The molecule has 2 aromatic heterocycles. The normalized spacial score (nSPS) is 11.0. The molecule has 0 aliphatic carbocycles. The highest BCUT2D eigenvalue weighted by Gasteiger charge is 2.06. The second kappa shape index (κ2) is 4.38. The lowest BCUT2D eigenvalue weighted by Crippen LogP contribution is -1.86. The number of benzene rings is 2. The van der Waals surface area contributed by atoms with Crippen molar-refractivity contribution in [2.45, 2.75) is 0 Å². The molecule has 0 amide bonds. The minimum atomic E-state index is 0.655. The van der Waals surface area contributed by atoms with E-state index in [4.69, 9.17) is 4.42 Å². The van der Waals surface area contributed by atoms with E-state index in [1.807, 2.05) is 54.6 Å². The number of nitrogens with zero attached hydrogens (tertiary/aromatic N) is 1. The summed E-state index contributed by atoms with van der Waals surface area (Å²) in [5.74, 6) is 0.703. The van der Waals surface area contributed by atoms with Gasteiger partial charge >= 0.3 is 0 Å². The minimum Gasteiger partial charge on any atom is -0.422 e. The lowest BCUT2D eigenvalue weighted by atomic mass is 10.2. The molecule has 0 aliphatic heterocycles. The number of fused-ring (bicyclic) bond motifs is 2. The lowest BCUT2D eigenvalue weighted by Gasteiger charge is -2.00. The first-order valence-electron chi connectivity index (χ1n) is 6.50. The summed E-state index contributed by atoms with van der Waals surface area (Å²) in [7, 11) is 0. The van der Waals surface area contributed by atoms with Gasteiger partial charge in [-0.05, 0) is 24.3 Å². The van der Waals surface area contributed by atoms with Gasteiger partial charge in [0.05, 0.1) is 5.52 Å². The molecule has 4 aromatic rings. The van der Waals surface area contributed by atoms with Gasteiger partial charge in [-0.25, -0.2) is 4.98 Å². The largest absolute Gasteiger partial charge is 0.422 e. The molecule has 2 heterocycles. The predicted octanol–water partition coefficient (Wildman–Crippen LogP) is 4.72. The molecule has 2 aromatic carbocycles. The molecule has 0 fully saturated rings. The Hall–Kier alpha value is -2.81. The van der Waals surface area contributed by atoms with Crippen molar-refractivity contribution in [2.24, 2.45) is 0 Å². The van der Waals surface area contributed by atoms with E-state index in [-0.39, 0.29) is 0 Å². The average molecular weight is 260 g/mol. The van der Waals surface area contributed by atoms with E-state index in [0.717, 1.165) is 22.0 Å². The fourth-order valence-corrected chi connectivity index (χ4v) is 2.30. The summed E-state index contributed by atoms with van der Waals surface area (Å²) in [6.45, 7) is 0. The van der Waals surface area contributed by atoms with Crippen LogP contribution in [0.4, 0.5) is 11.6 Å². The van der Waals surface area contributed by atoms with E-state index in [0.29, 0.717) is 11.6 Å². The van der Waals surface area contributed by atoms with Crippen LogP contribution in [0.5, 0.6) is 0 Å². The Kier molecular flexibility index (Phi) is 2.42. The van der Waals surface area contributed by atoms with Crippen LogP contribution in [0.2, 0.25) is 0 Å². The van der Waals surface area contributed by atoms with Crippen molar-refractivity contribution in [3.05, 3.63) is 66.7 Å². The highest BCUT2D eigenvalue weighted by molar-refractivity contribution is 5.92. The topological polar surface area (TPSA) is 38.1 Å². The molecule has 0 atom stereocenters. The van der Waals surface area contributed by atoms with E-state index in [1.54, 1.807) is 0 Å². The van der Waals surface area contributed by atoms with E-state index in [1.165, 1.54) is 0 Å². The Morgan fingerprint density at radius 1 is 0.800 bits per heavy atom.